The molecule has 1 saturated heterocycles. The molecule has 0 N–H and O–H groups in total. The highest BCUT2D eigenvalue weighted by atomic mass is 16.5. The molecule has 120 valence electrons. The van der Waals surface area contributed by atoms with Gasteiger partial charge in [-0.15, -0.1) is 0 Å². The lowest BCUT2D eigenvalue weighted by molar-refractivity contribution is 0.132. The summed E-state index contributed by atoms with van der Waals surface area (Å²) in [4.78, 5) is 7.30. The van der Waals surface area contributed by atoms with Gasteiger partial charge in [0.15, 0.2) is 0 Å². The average molecular weight is 310 g/mol. The summed E-state index contributed by atoms with van der Waals surface area (Å²) in [6.45, 7) is 6.00. The van der Waals surface area contributed by atoms with Crippen molar-refractivity contribution in [3.8, 4) is 0 Å². The first-order valence-corrected chi connectivity index (χ1v) is 8.31. The van der Waals surface area contributed by atoms with Crippen LogP contribution >= 0.6 is 0 Å². The fourth-order valence-corrected chi connectivity index (χ4v) is 3.55. The third-order valence-electron chi connectivity index (χ3n) is 4.69. The molecule has 1 unspecified atom stereocenters. The van der Waals surface area contributed by atoms with Crippen molar-refractivity contribution < 1.29 is 4.52 Å². The standard InChI is InChI=1S/C18H22N4O/c1-13-6-5-9-22-12-15(19-18(13)22)11-21-8-4-3-7-17(21)16-10-14(2)23-20-16/h5-6,9-10,12,17H,3-4,7-8,11H2,1-2H3. The zero-order chi connectivity index (χ0) is 15.8. The van der Waals surface area contributed by atoms with Gasteiger partial charge in [0.1, 0.15) is 17.1 Å². The van der Waals surface area contributed by atoms with Gasteiger partial charge in [0.2, 0.25) is 0 Å². The SMILES string of the molecule is Cc1cc(C2CCCCN2Cc2cn3cccc(C)c3n2)no1. The Labute approximate surface area is 135 Å². The second-order valence-electron chi connectivity index (χ2n) is 6.50. The molecule has 0 aliphatic carbocycles. The molecule has 5 heteroatoms. The molecular formula is C18H22N4O. The van der Waals surface area contributed by atoms with E-state index in [1.807, 2.05) is 6.92 Å². The van der Waals surface area contributed by atoms with Crippen LogP contribution < -0.4 is 0 Å². The van der Waals surface area contributed by atoms with E-state index in [-0.39, 0.29) is 0 Å². The minimum Gasteiger partial charge on any atom is -0.361 e. The molecule has 4 heterocycles. The van der Waals surface area contributed by atoms with E-state index in [2.05, 4.69) is 52.0 Å². The average Bonchev–Trinajstić information content (AvgIpc) is 3.15. The lowest BCUT2D eigenvalue weighted by Gasteiger charge is -2.33. The third kappa shape index (κ3) is 2.77. The maximum Gasteiger partial charge on any atom is 0.139 e. The van der Waals surface area contributed by atoms with Crippen LogP contribution in [0.1, 0.15) is 48.0 Å². The molecule has 4 rings (SSSR count). The first-order chi connectivity index (χ1) is 11.2. The van der Waals surface area contributed by atoms with Gasteiger partial charge in [-0.05, 0) is 44.9 Å². The summed E-state index contributed by atoms with van der Waals surface area (Å²) in [6, 6.07) is 6.58. The number of nitrogens with zero attached hydrogens (tertiary/aromatic N) is 4. The number of aromatic nitrogens is 3. The van der Waals surface area contributed by atoms with E-state index in [0.29, 0.717) is 6.04 Å². The molecule has 1 fully saturated rings. The molecule has 0 spiro atoms. The van der Waals surface area contributed by atoms with Crippen LogP contribution in [0.15, 0.2) is 35.1 Å². The molecule has 1 aliphatic rings. The maximum absolute atomic E-state index is 5.28. The van der Waals surface area contributed by atoms with Crippen molar-refractivity contribution in [1.29, 1.82) is 0 Å². The minimum atomic E-state index is 0.340. The summed E-state index contributed by atoms with van der Waals surface area (Å²) >= 11 is 0. The van der Waals surface area contributed by atoms with Gasteiger partial charge < -0.3 is 8.92 Å². The Hall–Kier alpha value is -2.14. The zero-order valence-corrected chi connectivity index (χ0v) is 13.7. The first-order valence-electron chi connectivity index (χ1n) is 8.31. The van der Waals surface area contributed by atoms with Crippen LogP contribution in [0.4, 0.5) is 0 Å². The Kier molecular flexibility index (Phi) is 3.65. The van der Waals surface area contributed by atoms with Gasteiger partial charge in [0, 0.05) is 25.0 Å². The first kappa shape index (κ1) is 14.5. The van der Waals surface area contributed by atoms with Gasteiger partial charge >= 0.3 is 0 Å². The summed E-state index contributed by atoms with van der Waals surface area (Å²) in [5.41, 5.74) is 4.43. The summed E-state index contributed by atoms with van der Waals surface area (Å²) in [5.74, 6) is 0.883. The van der Waals surface area contributed by atoms with Crippen LogP contribution in [0, 0.1) is 13.8 Å². The van der Waals surface area contributed by atoms with Gasteiger partial charge in [-0.3, -0.25) is 4.90 Å². The van der Waals surface area contributed by atoms with E-state index >= 15 is 0 Å². The normalized spacial score (nSPS) is 19.5. The minimum absolute atomic E-state index is 0.340. The van der Waals surface area contributed by atoms with Crippen molar-refractivity contribution in [1.82, 2.24) is 19.4 Å². The summed E-state index contributed by atoms with van der Waals surface area (Å²) in [5, 5.41) is 4.25. The van der Waals surface area contributed by atoms with E-state index < -0.39 is 0 Å². The molecule has 0 aromatic carbocycles. The van der Waals surface area contributed by atoms with E-state index in [4.69, 9.17) is 9.51 Å². The van der Waals surface area contributed by atoms with Gasteiger partial charge in [0.25, 0.3) is 0 Å². The zero-order valence-electron chi connectivity index (χ0n) is 13.7. The van der Waals surface area contributed by atoms with Crippen molar-refractivity contribution in [2.75, 3.05) is 6.54 Å². The molecule has 0 amide bonds. The monoisotopic (exact) mass is 310 g/mol. The quantitative estimate of drug-likeness (QED) is 0.740. The van der Waals surface area contributed by atoms with Gasteiger partial charge in [0.05, 0.1) is 11.7 Å². The predicted octanol–water partition coefficient (Wildman–Crippen LogP) is 3.67. The van der Waals surface area contributed by atoms with Crippen LogP contribution in [-0.4, -0.2) is 26.0 Å². The number of imidazole rings is 1. The van der Waals surface area contributed by atoms with E-state index in [0.717, 1.165) is 42.3 Å². The number of hydrogen-bond donors (Lipinski definition) is 0. The molecule has 0 radical (unpaired) electrons. The second kappa shape index (κ2) is 5.81. The lowest BCUT2D eigenvalue weighted by atomic mass is 9.99. The molecule has 3 aromatic rings. The number of aryl methyl sites for hydroxylation is 2. The summed E-state index contributed by atoms with van der Waals surface area (Å²) < 4.78 is 7.40. The van der Waals surface area contributed by atoms with Crippen molar-refractivity contribution in [2.45, 2.75) is 45.7 Å². The third-order valence-corrected chi connectivity index (χ3v) is 4.69. The number of likely N-dealkylation sites (tertiary alicyclic amines) is 1. The van der Waals surface area contributed by atoms with Gasteiger partial charge in [-0.25, -0.2) is 4.98 Å². The van der Waals surface area contributed by atoms with Crippen LogP contribution in [0.5, 0.6) is 0 Å². The number of rotatable bonds is 3. The highest BCUT2D eigenvalue weighted by molar-refractivity contribution is 5.47. The van der Waals surface area contributed by atoms with Crippen LogP contribution in [0.2, 0.25) is 0 Å². The van der Waals surface area contributed by atoms with Crippen LogP contribution in [0.25, 0.3) is 5.65 Å². The van der Waals surface area contributed by atoms with Crippen LogP contribution in [0.3, 0.4) is 0 Å². The Balaban J connectivity index is 1.60. The molecule has 0 saturated carbocycles. The predicted molar refractivity (Wildman–Crippen MR) is 88.2 cm³/mol. The van der Waals surface area contributed by atoms with Gasteiger partial charge in [-0.2, -0.15) is 0 Å². The largest absolute Gasteiger partial charge is 0.361 e. The fourth-order valence-electron chi connectivity index (χ4n) is 3.55. The molecule has 1 atom stereocenters. The summed E-state index contributed by atoms with van der Waals surface area (Å²) in [7, 11) is 0. The number of piperidine rings is 1. The number of fused-ring (bicyclic) bond motifs is 1. The van der Waals surface area contributed by atoms with E-state index in [1.54, 1.807) is 0 Å². The Bertz CT molecular complexity index is 819. The smallest absolute Gasteiger partial charge is 0.139 e. The van der Waals surface area contributed by atoms with E-state index in [9.17, 15) is 0 Å². The molecule has 23 heavy (non-hydrogen) atoms. The van der Waals surface area contributed by atoms with Crippen molar-refractivity contribution in [3.63, 3.8) is 0 Å². The maximum atomic E-state index is 5.28. The Morgan fingerprint density at radius 3 is 3.00 bits per heavy atom. The summed E-state index contributed by atoms with van der Waals surface area (Å²) in [6.07, 6.45) is 7.82. The molecule has 5 nitrogen and oxygen atoms in total. The lowest BCUT2D eigenvalue weighted by Crippen LogP contribution is -2.33. The highest BCUT2D eigenvalue weighted by Gasteiger charge is 2.27. The van der Waals surface area contributed by atoms with Crippen molar-refractivity contribution in [2.24, 2.45) is 0 Å². The highest BCUT2D eigenvalue weighted by Crippen LogP contribution is 2.31. The van der Waals surface area contributed by atoms with Crippen molar-refractivity contribution >= 4 is 5.65 Å². The molecule has 0 bridgehead atoms. The molecule has 3 aromatic heterocycles. The number of pyridine rings is 1. The number of hydrogen-bond acceptors (Lipinski definition) is 4. The topological polar surface area (TPSA) is 46.6 Å². The van der Waals surface area contributed by atoms with Crippen molar-refractivity contribution in [3.05, 3.63) is 53.3 Å². The molecule has 1 aliphatic heterocycles. The Morgan fingerprint density at radius 1 is 1.30 bits per heavy atom. The van der Waals surface area contributed by atoms with Gasteiger partial charge in [-0.1, -0.05) is 17.6 Å². The Morgan fingerprint density at radius 2 is 2.22 bits per heavy atom. The molecular weight excluding hydrogens is 288 g/mol. The fraction of sp³-hybridized carbons (Fsp3) is 0.444. The van der Waals surface area contributed by atoms with E-state index in [1.165, 1.54) is 18.4 Å². The second-order valence-corrected chi connectivity index (χ2v) is 6.50. The van der Waals surface area contributed by atoms with Crippen LogP contribution in [-0.2, 0) is 6.54 Å².